The van der Waals surface area contributed by atoms with Gasteiger partial charge in [-0.2, -0.15) is 10.5 Å². The van der Waals surface area contributed by atoms with Gasteiger partial charge in [-0.15, -0.1) is 10.2 Å². The summed E-state index contributed by atoms with van der Waals surface area (Å²) in [6, 6.07) is 11.2. The fourth-order valence-corrected chi connectivity index (χ4v) is 2.68. The van der Waals surface area contributed by atoms with Crippen LogP contribution in [0.1, 0.15) is 23.0 Å². The number of rotatable bonds is 4. The molecule has 11 heteroatoms. The number of amides is 1. The largest absolute Gasteiger partial charge is 0.427 e. The lowest BCUT2D eigenvalue weighted by atomic mass is 10.1. The Balaban J connectivity index is 1.67. The number of nitrogens with zero attached hydrogens (tertiary/aromatic N) is 5. The van der Waals surface area contributed by atoms with E-state index in [1.165, 1.54) is 25.1 Å². The molecule has 11 nitrogen and oxygen atoms in total. The number of nitriles is 1. The van der Waals surface area contributed by atoms with Gasteiger partial charge in [-0.25, -0.2) is 0 Å². The van der Waals surface area contributed by atoms with Gasteiger partial charge in [0.25, 0.3) is 5.91 Å². The Morgan fingerprint density at radius 3 is 2.83 bits per heavy atom. The molecular formula is C18H11N7O4. The molecule has 0 saturated heterocycles. The van der Waals surface area contributed by atoms with E-state index in [2.05, 4.69) is 31.1 Å². The smallest absolute Gasteiger partial charge is 0.308 e. The summed E-state index contributed by atoms with van der Waals surface area (Å²) in [5, 5.41) is 29.7. The van der Waals surface area contributed by atoms with Crippen LogP contribution in [-0.2, 0) is 4.79 Å². The van der Waals surface area contributed by atoms with Crippen molar-refractivity contribution < 1.29 is 18.8 Å². The van der Waals surface area contributed by atoms with E-state index in [-0.39, 0.29) is 22.9 Å². The molecule has 0 aliphatic carbocycles. The normalized spacial score (nSPS) is 10.5. The number of nitrogens with one attached hydrogen (secondary N) is 2. The first-order valence-electron chi connectivity index (χ1n) is 8.22. The number of benzene rings is 2. The molecule has 142 valence electrons. The number of aromatic nitrogens is 5. The van der Waals surface area contributed by atoms with Gasteiger partial charge < -0.3 is 14.6 Å². The number of aromatic amines is 1. The zero-order chi connectivity index (χ0) is 20.4. The Morgan fingerprint density at radius 1 is 1.24 bits per heavy atom. The standard InChI is InChI=1S/C18H11N7O4/c1-9(26)28-11-3-4-12-15(7-11)29-23-16(12)18(27)20-14-5-2-10(8-19)6-13(14)17-21-24-25-22-17/h2-7H,1H3,(H,20,27)(H,21,22,24,25). The van der Waals surface area contributed by atoms with Gasteiger partial charge in [0.1, 0.15) is 5.75 Å². The lowest BCUT2D eigenvalue weighted by molar-refractivity contribution is -0.131. The van der Waals surface area contributed by atoms with E-state index < -0.39 is 11.9 Å². The van der Waals surface area contributed by atoms with E-state index in [1.54, 1.807) is 18.2 Å². The molecule has 4 rings (SSSR count). The topological polar surface area (TPSA) is 160 Å². The highest BCUT2D eigenvalue weighted by Crippen LogP contribution is 2.28. The molecule has 2 heterocycles. The lowest BCUT2D eigenvalue weighted by Gasteiger charge is -2.08. The van der Waals surface area contributed by atoms with Crippen LogP contribution < -0.4 is 10.1 Å². The van der Waals surface area contributed by atoms with Crippen LogP contribution >= 0.6 is 0 Å². The first-order chi connectivity index (χ1) is 14.0. The fourth-order valence-electron chi connectivity index (χ4n) is 2.68. The number of carbonyl (C=O) groups excluding carboxylic acids is 2. The average Bonchev–Trinajstić information content (AvgIpc) is 3.37. The second-order valence-electron chi connectivity index (χ2n) is 5.84. The molecule has 0 fully saturated rings. The predicted molar refractivity (Wildman–Crippen MR) is 97.6 cm³/mol. The molecule has 29 heavy (non-hydrogen) atoms. The van der Waals surface area contributed by atoms with Gasteiger partial charge in [0.05, 0.1) is 22.7 Å². The van der Waals surface area contributed by atoms with Crippen molar-refractivity contribution in [1.29, 1.82) is 5.26 Å². The fraction of sp³-hybridized carbons (Fsp3) is 0.0556. The first-order valence-corrected chi connectivity index (χ1v) is 8.22. The van der Waals surface area contributed by atoms with Gasteiger partial charge in [0.2, 0.25) is 5.82 Å². The van der Waals surface area contributed by atoms with Gasteiger partial charge in [0.15, 0.2) is 11.3 Å². The number of hydrogen-bond acceptors (Lipinski definition) is 9. The summed E-state index contributed by atoms with van der Waals surface area (Å²) in [6.45, 7) is 1.28. The monoisotopic (exact) mass is 389 g/mol. The molecule has 0 bridgehead atoms. The van der Waals surface area contributed by atoms with Crippen LogP contribution in [0.25, 0.3) is 22.4 Å². The number of H-pyrrole nitrogens is 1. The van der Waals surface area contributed by atoms with Crippen molar-refractivity contribution in [3.63, 3.8) is 0 Å². The van der Waals surface area contributed by atoms with E-state index in [0.717, 1.165) is 0 Å². The highest BCUT2D eigenvalue weighted by Gasteiger charge is 2.20. The number of carbonyl (C=O) groups is 2. The Bertz CT molecular complexity index is 1270. The van der Waals surface area contributed by atoms with Crippen molar-refractivity contribution in [2.45, 2.75) is 6.92 Å². The molecule has 0 aliphatic heterocycles. The van der Waals surface area contributed by atoms with E-state index in [0.29, 0.717) is 22.2 Å². The number of tetrazole rings is 1. The van der Waals surface area contributed by atoms with Crippen LogP contribution in [0, 0.1) is 11.3 Å². The lowest BCUT2D eigenvalue weighted by Crippen LogP contribution is -2.13. The van der Waals surface area contributed by atoms with Crippen molar-refractivity contribution in [2.24, 2.45) is 0 Å². The average molecular weight is 389 g/mol. The third-order valence-electron chi connectivity index (χ3n) is 3.90. The number of ether oxygens (including phenoxy) is 1. The van der Waals surface area contributed by atoms with Crippen LogP contribution in [0.5, 0.6) is 5.75 Å². The van der Waals surface area contributed by atoms with Gasteiger partial charge in [-0.05, 0) is 35.5 Å². The molecule has 0 atom stereocenters. The number of hydrogen-bond donors (Lipinski definition) is 2. The van der Waals surface area contributed by atoms with Crippen LogP contribution in [0.3, 0.4) is 0 Å². The van der Waals surface area contributed by atoms with Crippen molar-refractivity contribution >= 4 is 28.5 Å². The SMILES string of the molecule is CC(=O)Oc1ccc2c(C(=O)Nc3ccc(C#N)cc3-c3nn[nH]n3)noc2c1. The summed E-state index contributed by atoms with van der Waals surface area (Å²) in [7, 11) is 0. The maximum absolute atomic E-state index is 12.8. The second kappa shape index (κ2) is 7.20. The molecule has 2 N–H and O–H groups in total. The van der Waals surface area contributed by atoms with E-state index >= 15 is 0 Å². The Hall–Kier alpha value is -4.59. The Morgan fingerprint density at radius 2 is 2.10 bits per heavy atom. The minimum absolute atomic E-state index is 0.0396. The van der Waals surface area contributed by atoms with Crippen LogP contribution in [-0.4, -0.2) is 37.7 Å². The zero-order valence-electron chi connectivity index (χ0n) is 14.8. The summed E-state index contributed by atoms with van der Waals surface area (Å²) in [6.07, 6.45) is 0. The van der Waals surface area contributed by atoms with Crippen molar-refractivity contribution in [1.82, 2.24) is 25.8 Å². The van der Waals surface area contributed by atoms with Crippen molar-refractivity contribution in [3.8, 4) is 23.2 Å². The first kappa shape index (κ1) is 17.8. The number of anilines is 1. The van der Waals surface area contributed by atoms with Gasteiger partial charge >= 0.3 is 5.97 Å². The summed E-state index contributed by atoms with van der Waals surface area (Å²) >= 11 is 0. The summed E-state index contributed by atoms with van der Waals surface area (Å²) in [5.74, 6) is -0.525. The van der Waals surface area contributed by atoms with E-state index in [1.807, 2.05) is 6.07 Å². The molecule has 0 aliphatic rings. The molecule has 0 unspecified atom stereocenters. The third kappa shape index (κ3) is 3.50. The van der Waals surface area contributed by atoms with Gasteiger partial charge in [-0.1, -0.05) is 5.16 Å². The van der Waals surface area contributed by atoms with Crippen LogP contribution in [0.2, 0.25) is 0 Å². The molecule has 4 aromatic rings. The minimum Gasteiger partial charge on any atom is -0.427 e. The van der Waals surface area contributed by atoms with Gasteiger partial charge in [-0.3, -0.25) is 9.59 Å². The molecule has 1 amide bonds. The molecular weight excluding hydrogens is 378 g/mol. The predicted octanol–water partition coefficient (Wildman–Crippen LogP) is 2.06. The third-order valence-corrected chi connectivity index (χ3v) is 3.90. The number of fused-ring (bicyclic) bond motifs is 1. The maximum atomic E-state index is 12.8. The maximum Gasteiger partial charge on any atom is 0.308 e. The number of esters is 1. The highest BCUT2D eigenvalue weighted by molar-refractivity contribution is 6.11. The zero-order valence-corrected chi connectivity index (χ0v) is 14.8. The van der Waals surface area contributed by atoms with Crippen LogP contribution in [0.15, 0.2) is 40.9 Å². The molecule has 0 spiro atoms. The van der Waals surface area contributed by atoms with Crippen LogP contribution in [0.4, 0.5) is 5.69 Å². The van der Waals surface area contributed by atoms with Crippen molar-refractivity contribution in [3.05, 3.63) is 47.7 Å². The minimum atomic E-state index is -0.543. The molecule has 2 aromatic heterocycles. The molecule has 0 saturated carbocycles. The molecule has 0 radical (unpaired) electrons. The quantitative estimate of drug-likeness (QED) is 0.393. The van der Waals surface area contributed by atoms with Gasteiger partial charge in [0, 0.05) is 18.6 Å². The Kier molecular flexibility index (Phi) is 4.42. The summed E-state index contributed by atoms with van der Waals surface area (Å²) in [4.78, 5) is 23.9. The second-order valence-corrected chi connectivity index (χ2v) is 5.84. The highest BCUT2D eigenvalue weighted by atomic mass is 16.5. The van der Waals surface area contributed by atoms with E-state index in [4.69, 9.17) is 14.5 Å². The Labute approximate surface area is 162 Å². The summed E-state index contributed by atoms with van der Waals surface area (Å²) < 4.78 is 10.2. The van der Waals surface area contributed by atoms with Crippen molar-refractivity contribution in [2.75, 3.05) is 5.32 Å². The van der Waals surface area contributed by atoms with E-state index in [9.17, 15) is 9.59 Å². The molecule has 2 aromatic carbocycles. The summed E-state index contributed by atoms with van der Waals surface area (Å²) in [5.41, 5.74) is 1.47.